The third kappa shape index (κ3) is 3.23. The highest BCUT2D eigenvalue weighted by Gasteiger charge is 2.18. The smallest absolute Gasteiger partial charge is 0.251 e. The second kappa shape index (κ2) is 6.95. The van der Waals surface area contributed by atoms with Crippen molar-refractivity contribution in [2.24, 2.45) is 0 Å². The lowest BCUT2D eigenvalue weighted by atomic mass is 10.0. The highest BCUT2D eigenvalue weighted by Crippen LogP contribution is 2.29. The molecule has 2 aromatic rings. The van der Waals surface area contributed by atoms with Crippen molar-refractivity contribution < 1.29 is 14.3 Å². The van der Waals surface area contributed by atoms with E-state index in [-0.39, 0.29) is 11.9 Å². The average molecular weight is 325 g/mol. The SMILES string of the molecule is COc1ccc(OC)c([C@@H](C)NC(=O)c2ccc3c(c2)CCC3)c1. The molecule has 0 bridgehead atoms. The highest BCUT2D eigenvalue weighted by molar-refractivity contribution is 5.94. The Balaban J connectivity index is 1.79. The Hall–Kier alpha value is -2.49. The predicted molar refractivity (Wildman–Crippen MR) is 93.9 cm³/mol. The van der Waals surface area contributed by atoms with Crippen LogP contribution in [0.4, 0.5) is 0 Å². The molecule has 24 heavy (non-hydrogen) atoms. The molecule has 0 aromatic heterocycles. The quantitative estimate of drug-likeness (QED) is 0.912. The van der Waals surface area contributed by atoms with Crippen molar-refractivity contribution in [3.8, 4) is 11.5 Å². The summed E-state index contributed by atoms with van der Waals surface area (Å²) in [4.78, 5) is 12.6. The van der Waals surface area contributed by atoms with Gasteiger partial charge in [0.2, 0.25) is 0 Å². The number of benzene rings is 2. The molecule has 0 saturated heterocycles. The summed E-state index contributed by atoms with van der Waals surface area (Å²) in [6, 6.07) is 11.4. The summed E-state index contributed by atoms with van der Waals surface area (Å²) in [5.74, 6) is 1.41. The summed E-state index contributed by atoms with van der Waals surface area (Å²) >= 11 is 0. The number of fused-ring (bicyclic) bond motifs is 1. The minimum Gasteiger partial charge on any atom is -0.497 e. The molecule has 1 aliphatic rings. The van der Waals surface area contributed by atoms with Gasteiger partial charge in [0.1, 0.15) is 11.5 Å². The Morgan fingerprint density at radius 1 is 1.04 bits per heavy atom. The number of nitrogens with one attached hydrogen (secondary N) is 1. The molecular formula is C20H23NO3. The van der Waals surface area contributed by atoms with E-state index in [1.807, 2.05) is 37.3 Å². The van der Waals surface area contributed by atoms with Crippen molar-refractivity contribution >= 4 is 5.91 Å². The van der Waals surface area contributed by atoms with Crippen molar-refractivity contribution in [2.45, 2.75) is 32.2 Å². The van der Waals surface area contributed by atoms with E-state index < -0.39 is 0 Å². The van der Waals surface area contributed by atoms with E-state index in [0.717, 1.165) is 29.9 Å². The maximum atomic E-state index is 12.6. The molecule has 0 heterocycles. The van der Waals surface area contributed by atoms with Gasteiger partial charge in [-0.05, 0) is 67.6 Å². The van der Waals surface area contributed by atoms with Crippen LogP contribution < -0.4 is 14.8 Å². The van der Waals surface area contributed by atoms with E-state index in [2.05, 4.69) is 11.4 Å². The molecule has 0 spiro atoms. The summed E-state index contributed by atoms with van der Waals surface area (Å²) in [6.45, 7) is 1.95. The number of amides is 1. The lowest BCUT2D eigenvalue weighted by molar-refractivity contribution is 0.0939. The zero-order valence-corrected chi connectivity index (χ0v) is 14.4. The fraction of sp³-hybridized carbons (Fsp3) is 0.350. The monoisotopic (exact) mass is 325 g/mol. The fourth-order valence-electron chi connectivity index (χ4n) is 3.25. The number of ether oxygens (including phenoxy) is 2. The number of methoxy groups -OCH3 is 2. The summed E-state index contributed by atoms with van der Waals surface area (Å²) in [6.07, 6.45) is 3.36. The Kier molecular flexibility index (Phi) is 4.74. The van der Waals surface area contributed by atoms with Crippen LogP contribution in [0, 0.1) is 0 Å². The number of rotatable bonds is 5. The molecule has 1 atom stereocenters. The van der Waals surface area contributed by atoms with Gasteiger partial charge in [-0.3, -0.25) is 4.79 Å². The van der Waals surface area contributed by atoms with Gasteiger partial charge >= 0.3 is 0 Å². The van der Waals surface area contributed by atoms with Crippen LogP contribution in [0.1, 0.15) is 46.4 Å². The topological polar surface area (TPSA) is 47.6 Å². The summed E-state index contributed by atoms with van der Waals surface area (Å²) in [5, 5.41) is 3.06. The molecule has 1 N–H and O–H groups in total. The maximum Gasteiger partial charge on any atom is 0.251 e. The van der Waals surface area contributed by atoms with Gasteiger partial charge in [0, 0.05) is 11.1 Å². The first-order valence-corrected chi connectivity index (χ1v) is 8.27. The van der Waals surface area contributed by atoms with Crippen LogP contribution in [0.25, 0.3) is 0 Å². The largest absolute Gasteiger partial charge is 0.497 e. The van der Waals surface area contributed by atoms with Crippen molar-refractivity contribution in [1.82, 2.24) is 5.32 Å². The van der Waals surface area contributed by atoms with Crippen LogP contribution in [0.15, 0.2) is 36.4 Å². The number of aryl methyl sites for hydroxylation is 2. The number of carbonyl (C=O) groups is 1. The van der Waals surface area contributed by atoms with Crippen LogP contribution in [-0.4, -0.2) is 20.1 Å². The number of carbonyl (C=O) groups excluding carboxylic acids is 1. The highest BCUT2D eigenvalue weighted by atomic mass is 16.5. The van der Waals surface area contributed by atoms with Gasteiger partial charge in [-0.1, -0.05) is 6.07 Å². The Morgan fingerprint density at radius 3 is 2.58 bits per heavy atom. The maximum absolute atomic E-state index is 12.6. The predicted octanol–water partition coefficient (Wildman–Crippen LogP) is 3.68. The summed E-state index contributed by atoms with van der Waals surface area (Å²) in [7, 11) is 3.25. The molecule has 126 valence electrons. The van der Waals surface area contributed by atoms with Gasteiger partial charge in [0.05, 0.1) is 20.3 Å². The Labute approximate surface area is 142 Å². The van der Waals surface area contributed by atoms with Gasteiger partial charge in [-0.25, -0.2) is 0 Å². The van der Waals surface area contributed by atoms with Gasteiger partial charge in [0.25, 0.3) is 5.91 Å². The third-order valence-electron chi connectivity index (χ3n) is 4.61. The lowest BCUT2D eigenvalue weighted by Crippen LogP contribution is -2.27. The summed E-state index contributed by atoms with van der Waals surface area (Å²) < 4.78 is 10.7. The third-order valence-corrected chi connectivity index (χ3v) is 4.61. The van der Waals surface area contributed by atoms with Gasteiger partial charge < -0.3 is 14.8 Å². The van der Waals surface area contributed by atoms with Crippen molar-refractivity contribution in [3.63, 3.8) is 0 Å². The molecule has 0 fully saturated rings. The zero-order chi connectivity index (χ0) is 17.1. The lowest BCUT2D eigenvalue weighted by Gasteiger charge is -2.18. The molecule has 1 aliphatic carbocycles. The minimum absolute atomic E-state index is 0.0675. The van der Waals surface area contributed by atoms with E-state index in [1.165, 1.54) is 17.5 Å². The second-order valence-corrected chi connectivity index (χ2v) is 6.14. The molecule has 0 saturated carbocycles. The minimum atomic E-state index is -0.184. The standard InChI is InChI=1S/C20H23NO3/c1-13(18-12-17(23-2)9-10-19(18)24-3)21-20(22)16-8-7-14-5-4-6-15(14)11-16/h7-13H,4-6H2,1-3H3,(H,21,22)/t13-/m1/s1. The molecular weight excluding hydrogens is 302 g/mol. The second-order valence-electron chi connectivity index (χ2n) is 6.14. The van der Waals surface area contributed by atoms with E-state index in [0.29, 0.717) is 5.56 Å². The first-order chi connectivity index (χ1) is 11.6. The van der Waals surface area contributed by atoms with Gasteiger partial charge in [0.15, 0.2) is 0 Å². The van der Waals surface area contributed by atoms with Crippen LogP contribution in [-0.2, 0) is 12.8 Å². The Morgan fingerprint density at radius 2 is 1.83 bits per heavy atom. The normalized spacial score (nSPS) is 14.0. The molecule has 2 aromatic carbocycles. The van der Waals surface area contributed by atoms with E-state index in [1.54, 1.807) is 14.2 Å². The number of hydrogen-bond donors (Lipinski definition) is 1. The molecule has 3 rings (SSSR count). The van der Waals surface area contributed by atoms with Crippen LogP contribution in [0.5, 0.6) is 11.5 Å². The molecule has 0 radical (unpaired) electrons. The van der Waals surface area contributed by atoms with Crippen molar-refractivity contribution in [3.05, 3.63) is 58.7 Å². The van der Waals surface area contributed by atoms with Gasteiger partial charge in [-0.15, -0.1) is 0 Å². The van der Waals surface area contributed by atoms with Gasteiger partial charge in [-0.2, -0.15) is 0 Å². The van der Waals surface area contributed by atoms with Crippen molar-refractivity contribution in [2.75, 3.05) is 14.2 Å². The summed E-state index contributed by atoms with van der Waals surface area (Å²) in [5.41, 5.74) is 4.28. The fourth-order valence-corrected chi connectivity index (χ4v) is 3.25. The van der Waals surface area contributed by atoms with Crippen LogP contribution >= 0.6 is 0 Å². The van der Waals surface area contributed by atoms with E-state index in [9.17, 15) is 4.79 Å². The van der Waals surface area contributed by atoms with Crippen LogP contribution in [0.2, 0.25) is 0 Å². The molecule has 0 aliphatic heterocycles. The first kappa shape index (κ1) is 16.4. The van der Waals surface area contributed by atoms with Crippen LogP contribution in [0.3, 0.4) is 0 Å². The number of hydrogen-bond acceptors (Lipinski definition) is 3. The molecule has 0 unspecified atom stereocenters. The first-order valence-electron chi connectivity index (χ1n) is 8.27. The zero-order valence-electron chi connectivity index (χ0n) is 14.4. The van der Waals surface area contributed by atoms with Crippen molar-refractivity contribution in [1.29, 1.82) is 0 Å². The molecule has 1 amide bonds. The van der Waals surface area contributed by atoms with E-state index in [4.69, 9.17) is 9.47 Å². The van der Waals surface area contributed by atoms with E-state index >= 15 is 0 Å². The average Bonchev–Trinajstić information content (AvgIpc) is 3.08. The molecule has 4 nitrogen and oxygen atoms in total. The Bertz CT molecular complexity index is 755. The molecule has 4 heteroatoms.